The van der Waals surface area contributed by atoms with E-state index in [-0.39, 0.29) is 35.2 Å². The van der Waals surface area contributed by atoms with Gasteiger partial charge in [0, 0.05) is 23.9 Å². The van der Waals surface area contributed by atoms with E-state index in [4.69, 9.17) is 4.52 Å². The molecule has 2 heterocycles. The molecule has 0 radical (unpaired) electrons. The molecule has 28 heavy (non-hydrogen) atoms. The zero-order chi connectivity index (χ0) is 20.3. The maximum atomic E-state index is 12.3. The fourth-order valence-corrected chi connectivity index (χ4v) is 4.69. The number of hydrogen-bond donors (Lipinski definition) is 2. The van der Waals surface area contributed by atoms with E-state index in [9.17, 15) is 13.2 Å². The predicted molar refractivity (Wildman–Crippen MR) is 107 cm³/mol. The molecule has 0 aliphatic carbocycles. The molecule has 1 aromatic carbocycles. The van der Waals surface area contributed by atoms with Gasteiger partial charge in [0.15, 0.2) is 10.9 Å². The van der Waals surface area contributed by atoms with E-state index in [0.29, 0.717) is 5.13 Å². The average Bonchev–Trinajstić information content (AvgIpc) is 3.22. The number of thiazole rings is 1. The summed E-state index contributed by atoms with van der Waals surface area (Å²) in [6, 6.07) is 7.94. The van der Waals surface area contributed by atoms with E-state index in [1.54, 1.807) is 6.92 Å². The van der Waals surface area contributed by atoms with Gasteiger partial charge in [-0.15, -0.1) is 11.3 Å². The van der Waals surface area contributed by atoms with E-state index in [0.717, 1.165) is 16.8 Å². The minimum absolute atomic E-state index is 0.00979. The maximum absolute atomic E-state index is 12.3. The fraction of sp³-hybridized carbons (Fsp3) is 0.278. The Morgan fingerprint density at radius 2 is 1.89 bits per heavy atom. The summed E-state index contributed by atoms with van der Waals surface area (Å²) in [5, 5.41) is 8.65. The number of sulfonamides is 1. The fourth-order valence-electron chi connectivity index (χ4n) is 2.60. The third-order valence-corrected chi connectivity index (χ3v) is 6.44. The van der Waals surface area contributed by atoms with Crippen molar-refractivity contribution in [2.75, 3.05) is 11.9 Å². The highest BCUT2D eigenvalue weighted by Gasteiger charge is 2.23. The normalized spacial score (nSPS) is 11.5. The lowest BCUT2D eigenvalue weighted by molar-refractivity contribution is -0.116. The molecule has 0 bridgehead atoms. The first-order valence-electron chi connectivity index (χ1n) is 8.51. The SMILES string of the molecule is Cc1ccc(-c2csc(NC(=O)CCNS(=O)(=O)c3c(C)noc3C)n2)cc1. The van der Waals surface area contributed by atoms with Crippen LogP contribution in [0.25, 0.3) is 11.3 Å². The van der Waals surface area contributed by atoms with Gasteiger partial charge in [0.25, 0.3) is 0 Å². The summed E-state index contributed by atoms with van der Waals surface area (Å²) >= 11 is 1.32. The van der Waals surface area contributed by atoms with Gasteiger partial charge in [-0.05, 0) is 20.8 Å². The predicted octanol–water partition coefficient (Wildman–Crippen LogP) is 3.03. The molecule has 1 amide bonds. The Labute approximate surface area is 167 Å². The quantitative estimate of drug-likeness (QED) is 0.607. The molecule has 10 heteroatoms. The van der Waals surface area contributed by atoms with Crippen LogP contribution in [0.4, 0.5) is 5.13 Å². The molecule has 0 unspecified atom stereocenters. The Bertz CT molecular complexity index is 1070. The highest BCUT2D eigenvalue weighted by Crippen LogP contribution is 2.25. The minimum atomic E-state index is -3.78. The second kappa shape index (κ2) is 8.21. The van der Waals surface area contributed by atoms with Crippen molar-refractivity contribution in [2.45, 2.75) is 32.1 Å². The van der Waals surface area contributed by atoms with Gasteiger partial charge in [0.2, 0.25) is 15.9 Å². The number of benzene rings is 1. The summed E-state index contributed by atoms with van der Waals surface area (Å²) in [5.41, 5.74) is 3.18. The molecule has 148 valence electrons. The molecule has 0 saturated heterocycles. The van der Waals surface area contributed by atoms with Crippen molar-refractivity contribution in [2.24, 2.45) is 0 Å². The van der Waals surface area contributed by atoms with Gasteiger partial charge >= 0.3 is 0 Å². The molecule has 2 aromatic heterocycles. The zero-order valence-corrected chi connectivity index (χ0v) is 17.3. The van der Waals surface area contributed by atoms with Crippen LogP contribution < -0.4 is 10.0 Å². The van der Waals surface area contributed by atoms with Crippen LogP contribution in [0.15, 0.2) is 39.1 Å². The zero-order valence-electron chi connectivity index (χ0n) is 15.6. The number of aromatic nitrogens is 2. The van der Waals surface area contributed by atoms with Crippen molar-refractivity contribution < 1.29 is 17.7 Å². The minimum Gasteiger partial charge on any atom is -0.360 e. The summed E-state index contributed by atoms with van der Waals surface area (Å²) in [6.07, 6.45) is -0.0257. The Morgan fingerprint density at radius 3 is 2.54 bits per heavy atom. The largest absolute Gasteiger partial charge is 0.360 e. The number of rotatable bonds is 7. The number of amides is 1. The van der Waals surface area contributed by atoms with Gasteiger partial charge in [-0.25, -0.2) is 18.1 Å². The topological polar surface area (TPSA) is 114 Å². The van der Waals surface area contributed by atoms with Crippen LogP contribution in [0.2, 0.25) is 0 Å². The van der Waals surface area contributed by atoms with Gasteiger partial charge < -0.3 is 9.84 Å². The second-order valence-corrected chi connectivity index (χ2v) is 8.82. The first kappa shape index (κ1) is 20.2. The van der Waals surface area contributed by atoms with Crippen molar-refractivity contribution in [3.63, 3.8) is 0 Å². The molecule has 3 aromatic rings. The molecular weight excluding hydrogens is 400 g/mol. The first-order chi connectivity index (χ1) is 13.3. The maximum Gasteiger partial charge on any atom is 0.245 e. The number of nitrogens with one attached hydrogen (secondary N) is 2. The number of aryl methyl sites for hydroxylation is 3. The van der Waals surface area contributed by atoms with Gasteiger partial charge in [-0.1, -0.05) is 35.0 Å². The van der Waals surface area contributed by atoms with Gasteiger partial charge in [-0.3, -0.25) is 4.79 Å². The number of anilines is 1. The smallest absolute Gasteiger partial charge is 0.245 e. The third-order valence-electron chi connectivity index (χ3n) is 3.98. The molecule has 0 aliphatic heterocycles. The van der Waals surface area contributed by atoms with Crippen molar-refractivity contribution in [3.05, 3.63) is 46.7 Å². The summed E-state index contributed by atoms with van der Waals surface area (Å²) < 4.78 is 31.9. The molecule has 3 rings (SSSR count). The molecule has 2 N–H and O–H groups in total. The number of hydrogen-bond acceptors (Lipinski definition) is 7. The molecular formula is C18H20N4O4S2. The molecule has 0 spiro atoms. The molecule has 0 saturated carbocycles. The number of nitrogens with zero attached hydrogens (tertiary/aromatic N) is 2. The van der Waals surface area contributed by atoms with E-state index in [2.05, 4.69) is 20.2 Å². The van der Waals surface area contributed by atoms with Crippen molar-refractivity contribution in [3.8, 4) is 11.3 Å². The Balaban J connectivity index is 1.54. The second-order valence-electron chi connectivity index (χ2n) is 6.25. The van der Waals surface area contributed by atoms with Crippen molar-refractivity contribution in [1.29, 1.82) is 0 Å². The van der Waals surface area contributed by atoms with Crippen LogP contribution >= 0.6 is 11.3 Å². The average molecular weight is 421 g/mol. The first-order valence-corrected chi connectivity index (χ1v) is 10.9. The molecule has 0 aliphatic rings. The molecule has 0 atom stereocenters. The van der Waals surface area contributed by atoms with Crippen LogP contribution in [0.3, 0.4) is 0 Å². The van der Waals surface area contributed by atoms with Crippen LogP contribution in [0.5, 0.6) is 0 Å². The van der Waals surface area contributed by atoms with E-state index in [1.807, 2.05) is 36.6 Å². The third kappa shape index (κ3) is 4.64. The van der Waals surface area contributed by atoms with E-state index < -0.39 is 10.0 Å². The Morgan fingerprint density at radius 1 is 1.18 bits per heavy atom. The lowest BCUT2D eigenvalue weighted by atomic mass is 10.1. The van der Waals surface area contributed by atoms with Crippen LogP contribution in [-0.2, 0) is 14.8 Å². The Hall–Kier alpha value is -2.56. The van der Waals surface area contributed by atoms with Crippen molar-refractivity contribution >= 4 is 32.4 Å². The van der Waals surface area contributed by atoms with Gasteiger partial charge in [0.1, 0.15) is 10.6 Å². The highest BCUT2D eigenvalue weighted by atomic mass is 32.2. The highest BCUT2D eigenvalue weighted by molar-refractivity contribution is 7.89. The lowest BCUT2D eigenvalue weighted by Gasteiger charge is -2.06. The lowest BCUT2D eigenvalue weighted by Crippen LogP contribution is -2.28. The molecule has 0 fully saturated rings. The monoisotopic (exact) mass is 420 g/mol. The van der Waals surface area contributed by atoms with Crippen molar-refractivity contribution in [1.82, 2.24) is 14.9 Å². The Kier molecular flexibility index (Phi) is 5.92. The van der Waals surface area contributed by atoms with E-state index >= 15 is 0 Å². The standard InChI is InChI=1S/C18H20N4O4S2/c1-11-4-6-14(7-5-11)15-10-27-18(20-15)21-16(23)8-9-19-28(24,25)17-12(2)22-26-13(17)3/h4-7,10,19H,8-9H2,1-3H3,(H,20,21,23). The number of carbonyl (C=O) groups excluding carboxylic acids is 1. The summed E-state index contributed by atoms with van der Waals surface area (Å²) in [7, 11) is -3.78. The summed E-state index contributed by atoms with van der Waals surface area (Å²) in [4.78, 5) is 16.5. The molecule has 8 nitrogen and oxygen atoms in total. The van der Waals surface area contributed by atoms with Gasteiger partial charge in [-0.2, -0.15) is 0 Å². The van der Waals surface area contributed by atoms with E-state index in [1.165, 1.54) is 18.3 Å². The summed E-state index contributed by atoms with van der Waals surface area (Å²) in [5.74, 6) is -0.118. The van der Waals surface area contributed by atoms with Gasteiger partial charge in [0.05, 0.1) is 5.69 Å². The van der Waals surface area contributed by atoms with Crippen LogP contribution in [-0.4, -0.2) is 31.0 Å². The summed E-state index contributed by atoms with van der Waals surface area (Å²) in [6.45, 7) is 5.03. The number of carbonyl (C=O) groups is 1. The van der Waals surface area contributed by atoms with Crippen LogP contribution in [0.1, 0.15) is 23.4 Å². The van der Waals surface area contributed by atoms with Crippen LogP contribution in [0, 0.1) is 20.8 Å².